The lowest BCUT2D eigenvalue weighted by Gasteiger charge is -2.24. The van der Waals surface area contributed by atoms with E-state index < -0.39 is 27.4 Å². The van der Waals surface area contributed by atoms with Crippen molar-refractivity contribution in [1.29, 1.82) is 0 Å². The number of aryl methyl sites for hydroxylation is 2. The number of nitro groups is 1. The summed E-state index contributed by atoms with van der Waals surface area (Å²) in [6.07, 6.45) is 0. The van der Waals surface area contributed by atoms with Crippen LogP contribution in [-0.2, 0) is 14.8 Å². The summed E-state index contributed by atoms with van der Waals surface area (Å²) >= 11 is 0. The van der Waals surface area contributed by atoms with Gasteiger partial charge < -0.3 is 5.73 Å². The summed E-state index contributed by atoms with van der Waals surface area (Å²) in [6, 6.07) is 9.70. The molecule has 2 N–H and O–H groups in total. The summed E-state index contributed by atoms with van der Waals surface area (Å²) in [5, 5.41) is 10.9. The van der Waals surface area contributed by atoms with Gasteiger partial charge in [0.25, 0.3) is 15.7 Å². The molecule has 0 aliphatic carbocycles. The van der Waals surface area contributed by atoms with E-state index in [0.717, 1.165) is 21.5 Å². The normalized spacial score (nSPS) is 11.1. The number of benzene rings is 2. The minimum atomic E-state index is -4.21. The molecule has 2 aromatic carbocycles. The number of carbonyl (C=O) groups is 1. The lowest BCUT2D eigenvalue weighted by atomic mass is 10.1. The number of nitrogens with zero attached hydrogens (tertiary/aromatic N) is 2. The number of nitro benzene ring substituents is 1. The molecule has 8 nitrogen and oxygen atoms in total. The van der Waals surface area contributed by atoms with Crippen molar-refractivity contribution < 1.29 is 18.1 Å². The van der Waals surface area contributed by atoms with Gasteiger partial charge in [0.05, 0.1) is 15.5 Å². The van der Waals surface area contributed by atoms with Crippen LogP contribution < -0.4 is 10.0 Å². The van der Waals surface area contributed by atoms with Gasteiger partial charge in [-0.1, -0.05) is 12.1 Å². The summed E-state index contributed by atoms with van der Waals surface area (Å²) in [5.41, 5.74) is 6.72. The quantitative estimate of drug-likeness (QED) is 0.620. The first-order valence-electron chi connectivity index (χ1n) is 7.25. The molecule has 2 aromatic rings. The van der Waals surface area contributed by atoms with E-state index >= 15 is 0 Å². The van der Waals surface area contributed by atoms with E-state index in [1.807, 2.05) is 6.07 Å². The smallest absolute Gasteiger partial charge is 0.270 e. The maximum atomic E-state index is 13.0. The van der Waals surface area contributed by atoms with Gasteiger partial charge in [-0.05, 0) is 43.2 Å². The van der Waals surface area contributed by atoms with Crippen molar-refractivity contribution in [2.24, 2.45) is 5.73 Å². The maximum Gasteiger partial charge on any atom is 0.270 e. The molecule has 0 saturated heterocycles. The van der Waals surface area contributed by atoms with Gasteiger partial charge in [-0.3, -0.25) is 19.2 Å². The highest BCUT2D eigenvalue weighted by Gasteiger charge is 2.28. The number of non-ortho nitro benzene ring substituents is 1. The Morgan fingerprint density at radius 1 is 1.16 bits per heavy atom. The van der Waals surface area contributed by atoms with Gasteiger partial charge in [0, 0.05) is 12.1 Å². The lowest BCUT2D eigenvalue weighted by molar-refractivity contribution is -0.385. The Morgan fingerprint density at radius 3 is 2.28 bits per heavy atom. The molecular weight excluding hydrogens is 346 g/mol. The number of primary amides is 1. The molecule has 0 heterocycles. The molecule has 0 fully saturated rings. The molecule has 0 saturated carbocycles. The summed E-state index contributed by atoms with van der Waals surface area (Å²) in [4.78, 5) is 21.3. The lowest BCUT2D eigenvalue weighted by Crippen LogP contribution is -2.38. The molecule has 2 rings (SSSR count). The Kier molecular flexibility index (Phi) is 5.07. The highest BCUT2D eigenvalue weighted by atomic mass is 32.2. The van der Waals surface area contributed by atoms with Crippen LogP contribution in [0.3, 0.4) is 0 Å². The molecule has 0 radical (unpaired) electrons. The number of amides is 1. The van der Waals surface area contributed by atoms with Crippen LogP contribution in [0.25, 0.3) is 0 Å². The first kappa shape index (κ1) is 18.4. The third kappa shape index (κ3) is 4.13. The third-order valence-corrected chi connectivity index (χ3v) is 5.18. The Labute approximate surface area is 145 Å². The van der Waals surface area contributed by atoms with Gasteiger partial charge in [-0.2, -0.15) is 0 Å². The molecule has 0 aromatic heterocycles. The second-order valence-electron chi connectivity index (χ2n) is 5.58. The van der Waals surface area contributed by atoms with Crippen molar-refractivity contribution >= 4 is 27.3 Å². The topological polar surface area (TPSA) is 124 Å². The average molecular weight is 363 g/mol. The molecule has 0 aliphatic heterocycles. The van der Waals surface area contributed by atoms with E-state index in [0.29, 0.717) is 0 Å². The number of carbonyl (C=O) groups excluding carboxylic acids is 1. The fourth-order valence-corrected chi connectivity index (χ4v) is 3.89. The van der Waals surface area contributed by atoms with Crippen molar-refractivity contribution in [3.63, 3.8) is 0 Å². The van der Waals surface area contributed by atoms with Crippen molar-refractivity contribution in [2.45, 2.75) is 18.7 Å². The van der Waals surface area contributed by atoms with E-state index in [2.05, 4.69) is 0 Å². The zero-order valence-corrected chi connectivity index (χ0v) is 14.5. The van der Waals surface area contributed by atoms with Crippen LogP contribution in [0.4, 0.5) is 11.4 Å². The SMILES string of the molecule is Cc1cc(C)cc(N(CC(N)=O)S(=O)(=O)c2cccc([N+](=O)[O-])c2)c1. The molecule has 1 amide bonds. The molecule has 0 bridgehead atoms. The maximum absolute atomic E-state index is 13.0. The molecule has 25 heavy (non-hydrogen) atoms. The van der Waals surface area contributed by atoms with E-state index in [1.165, 1.54) is 18.2 Å². The number of rotatable bonds is 6. The predicted octanol–water partition coefficient (Wildman–Crippen LogP) is 1.89. The minimum Gasteiger partial charge on any atom is -0.368 e. The molecule has 0 unspecified atom stereocenters. The second-order valence-corrected chi connectivity index (χ2v) is 7.44. The fraction of sp³-hybridized carbons (Fsp3) is 0.188. The van der Waals surface area contributed by atoms with Crippen LogP contribution in [0.15, 0.2) is 47.4 Å². The zero-order chi connectivity index (χ0) is 18.8. The predicted molar refractivity (Wildman–Crippen MR) is 92.7 cm³/mol. The summed E-state index contributed by atoms with van der Waals surface area (Å²) in [6.45, 7) is 3.01. The Bertz CT molecular complexity index is 920. The first-order chi connectivity index (χ1) is 11.6. The Morgan fingerprint density at radius 2 is 1.76 bits per heavy atom. The standard InChI is InChI=1S/C16H17N3O5S/c1-11-6-12(2)8-14(7-11)18(10-16(17)20)25(23,24)15-5-3-4-13(9-15)19(21)22/h3-9H,10H2,1-2H3,(H2,17,20). The molecule has 0 atom stereocenters. The molecule has 132 valence electrons. The fourth-order valence-electron chi connectivity index (χ4n) is 2.44. The van der Waals surface area contributed by atoms with E-state index in [9.17, 15) is 23.3 Å². The molecule has 0 spiro atoms. The highest BCUT2D eigenvalue weighted by Crippen LogP contribution is 2.27. The summed E-state index contributed by atoms with van der Waals surface area (Å²) in [5.74, 6) is -0.840. The summed E-state index contributed by atoms with van der Waals surface area (Å²) < 4.78 is 26.8. The summed E-state index contributed by atoms with van der Waals surface area (Å²) in [7, 11) is -4.21. The number of hydrogen-bond acceptors (Lipinski definition) is 5. The van der Waals surface area contributed by atoms with Gasteiger partial charge in [0.1, 0.15) is 6.54 Å². The van der Waals surface area contributed by atoms with Gasteiger partial charge in [0.2, 0.25) is 5.91 Å². The van der Waals surface area contributed by atoms with Crippen LogP contribution in [0, 0.1) is 24.0 Å². The number of sulfonamides is 1. The van der Waals surface area contributed by atoms with Gasteiger partial charge in [-0.15, -0.1) is 0 Å². The zero-order valence-electron chi connectivity index (χ0n) is 13.7. The van der Waals surface area contributed by atoms with Crippen molar-refractivity contribution in [1.82, 2.24) is 0 Å². The number of hydrogen-bond donors (Lipinski definition) is 1. The average Bonchev–Trinajstić information content (AvgIpc) is 2.51. The second kappa shape index (κ2) is 6.89. The highest BCUT2D eigenvalue weighted by molar-refractivity contribution is 7.92. The van der Waals surface area contributed by atoms with Crippen LogP contribution in [0.2, 0.25) is 0 Å². The molecular formula is C16H17N3O5S. The van der Waals surface area contributed by atoms with Crippen LogP contribution in [0.1, 0.15) is 11.1 Å². The van der Waals surface area contributed by atoms with Crippen LogP contribution in [-0.4, -0.2) is 25.8 Å². The van der Waals surface area contributed by atoms with E-state index in [1.54, 1.807) is 26.0 Å². The number of nitrogens with two attached hydrogens (primary N) is 1. The number of anilines is 1. The van der Waals surface area contributed by atoms with Crippen LogP contribution in [0.5, 0.6) is 0 Å². The Hall–Kier alpha value is -2.94. The van der Waals surface area contributed by atoms with Crippen molar-refractivity contribution in [3.05, 3.63) is 63.7 Å². The Balaban J connectivity index is 2.62. The van der Waals surface area contributed by atoms with E-state index in [4.69, 9.17) is 5.73 Å². The van der Waals surface area contributed by atoms with Gasteiger partial charge in [0.15, 0.2) is 0 Å². The van der Waals surface area contributed by atoms with E-state index in [-0.39, 0.29) is 16.3 Å². The largest absolute Gasteiger partial charge is 0.368 e. The third-order valence-electron chi connectivity index (χ3n) is 3.41. The van der Waals surface area contributed by atoms with Crippen LogP contribution >= 0.6 is 0 Å². The molecule has 9 heteroatoms. The van der Waals surface area contributed by atoms with Crippen molar-refractivity contribution in [2.75, 3.05) is 10.8 Å². The van der Waals surface area contributed by atoms with Gasteiger partial charge >= 0.3 is 0 Å². The van der Waals surface area contributed by atoms with Crippen molar-refractivity contribution in [3.8, 4) is 0 Å². The van der Waals surface area contributed by atoms with Gasteiger partial charge in [-0.25, -0.2) is 8.42 Å². The first-order valence-corrected chi connectivity index (χ1v) is 8.69. The monoisotopic (exact) mass is 363 g/mol. The molecule has 0 aliphatic rings. The minimum absolute atomic E-state index is 0.266.